The van der Waals surface area contributed by atoms with E-state index in [0.29, 0.717) is 12.8 Å². The zero-order chi connectivity index (χ0) is 33.8. The number of nitrogens with one attached hydrogen (secondary N) is 1. The van der Waals surface area contributed by atoms with E-state index in [1.165, 1.54) is 154 Å². The van der Waals surface area contributed by atoms with E-state index in [0.717, 1.165) is 38.5 Å². The summed E-state index contributed by atoms with van der Waals surface area (Å²) in [5.74, 6) is -0.149. The molecule has 0 aromatic rings. The monoisotopic (exact) mass is 652 g/mol. The standard InChI is InChI=1S/C41H81NO4/c1-3-5-7-9-11-13-14-15-16-17-18-19-20-21-22-23-24-25-26-28-30-32-34-36-40(45)42-38(37-43)41(46)39(44)35-33-31-29-27-12-10-8-6-4-2/h21-22,38-39,41,43-44,46H,3-20,23-37H2,1-2H3,(H,42,45)/b22-21-. The fourth-order valence-corrected chi connectivity index (χ4v) is 6.39. The van der Waals surface area contributed by atoms with Crippen LogP contribution in [0.5, 0.6) is 0 Å². The maximum Gasteiger partial charge on any atom is 0.220 e. The number of hydrogen-bond donors (Lipinski definition) is 4. The minimum absolute atomic E-state index is 0.149. The van der Waals surface area contributed by atoms with Gasteiger partial charge in [0, 0.05) is 6.42 Å². The molecule has 0 aliphatic heterocycles. The second kappa shape index (κ2) is 36.9. The van der Waals surface area contributed by atoms with Gasteiger partial charge in [0.2, 0.25) is 5.91 Å². The van der Waals surface area contributed by atoms with Gasteiger partial charge in [-0.1, -0.05) is 187 Å². The zero-order valence-corrected chi connectivity index (χ0v) is 31.0. The lowest BCUT2D eigenvalue weighted by Gasteiger charge is -2.26. The van der Waals surface area contributed by atoms with Gasteiger partial charge in [0.05, 0.1) is 18.8 Å². The molecule has 274 valence electrons. The van der Waals surface area contributed by atoms with E-state index >= 15 is 0 Å². The molecule has 0 fully saturated rings. The Kier molecular flexibility index (Phi) is 36.2. The molecule has 5 nitrogen and oxygen atoms in total. The lowest BCUT2D eigenvalue weighted by atomic mass is 9.99. The molecule has 4 N–H and O–H groups in total. The predicted octanol–water partition coefficient (Wildman–Crippen LogP) is 11.3. The normalized spacial score (nSPS) is 13.8. The van der Waals surface area contributed by atoms with Gasteiger partial charge in [-0.25, -0.2) is 0 Å². The van der Waals surface area contributed by atoms with Crippen LogP contribution < -0.4 is 5.32 Å². The van der Waals surface area contributed by atoms with Gasteiger partial charge in [-0.2, -0.15) is 0 Å². The molecule has 5 heteroatoms. The molecule has 0 aromatic heterocycles. The number of allylic oxidation sites excluding steroid dienone is 2. The first-order chi connectivity index (χ1) is 22.6. The van der Waals surface area contributed by atoms with E-state index in [4.69, 9.17) is 0 Å². The maximum atomic E-state index is 12.4. The van der Waals surface area contributed by atoms with Gasteiger partial charge in [0.25, 0.3) is 0 Å². The summed E-state index contributed by atoms with van der Waals surface area (Å²) in [6.07, 6.45) is 41.8. The van der Waals surface area contributed by atoms with E-state index in [2.05, 4.69) is 31.3 Å². The molecule has 3 unspecified atom stereocenters. The van der Waals surface area contributed by atoms with E-state index in [9.17, 15) is 20.1 Å². The van der Waals surface area contributed by atoms with Crippen LogP contribution in [0.2, 0.25) is 0 Å². The summed E-state index contributed by atoms with van der Waals surface area (Å²) in [7, 11) is 0. The topological polar surface area (TPSA) is 89.8 Å². The minimum atomic E-state index is -1.13. The summed E-state index contributed by atoms with van der Waals surface area (Å²) in [5, 5.41) is 33.3. The van der Waals surface area contributed by atoms with Crippen LogP contribution in [0.3, 0.4) is 0 Å². The summed E-state index contributed by atoms with van der Waals surface area (Å²) < 4.78 is 0. The Morgan fingerprint density at radius 2 is 0.870 bits per heavy atom. The van der Waals surface area contributed by atoms with Crippen LogP contribution in [0, 0.1) is 0 Å². The van der Waals surface area contributed by atoms with Crippen molar-refractivity contribution in [2.45, 2.75) is 238 Å². The van der Waals surface area contributed by atoms with E-state index in [-0.39, 0.29) is 12.5 Å². The SMILES string of the molecule is CCCCCCCCCCCCCC/C=C\CCCCCCCCCC(=O)NC(CO)C(O)C(O)CCCCCCCCCCC. The van der Waals surface area contributed by atoms with E-state index < -0.39 is 18.2 Å². The predicted molar refractivity (Wildman–Crippen MR) is 199 cm³/mol. The molecule has 0 spiro atoms. The molecule has 46 heavy (non-hydrogen) atoms. The van der Waals surface area contributed by atoms with Crippen LogP contribution in [-0.4, -0.2) is 46.1 Å². The fourth-order valence-electron chi connectivity index (χ4n) is 6.39. The Bertz CT molecular complexity index is 640. The lowest BCUT2D eigenvalue weighted by molar-refractivity contribution is -0.124. The number of hydrogen-bond acceptors (Lipinski definition) is 4. The van der Waals surface area contributed by atoms with Gasteiger partial charge in [0.1, 0.15) is 6.10 Å². The summed E-state index contributed by atoms with van der Waals surface area (Å²) in [4.78, 5) is 12.4. The van der Waals surface area contributed by atoms with Gasteiger partial charge < -0.3 is 20.6 Å². The van der Waals surface area contributed by atoms with Crippen molar-refractivity contribution in [2.75, 3.05) is 6.61 Å². The highest BCUT2D eigenvalue weighted by Gasteiger charge is 2.26. The average Bonchev–Trinajstić information content (AvgIpc) is 3.06. The number of aliphatic hydroxyl groups is 3. The molecule has 3 atom stereocenters. The highest BCUT2D eigenvalue weighted by atomic mass is 16.3. The number of aliphatic hydroxyl groups excluding tert-OH is 3. The summed E-state index contributed by atoms with van der Waals surface area (Å²) in [6.45, 7) is 4.15. The van der Waals surface area contributed by atoms with Crippen molar-refractivity contribution in [1.29, 1.82) is 0 Å². The molecule has 0 saturated heterocycles. The zero-order valence-electron chi connectivity index (χ0n) is 31.0. The van der Waals surface area contributed by atoms with Crippen molar-refractivity contribution in [3.63, 3.8) is 0 Å². The third-order valence-corrected chi connectivity index (χ3v) is 9.62. The summed E-state index contributed by atoms with van der Waals surface area (Å²) >= 11 is 0. The number of unbranched alkanes of at least 4 members (excludes halogenated alkanes) is 27. The molecule has 0 aliphatic rings. The van der Waals surface area contributed by atoms with Crippen LogP contribution in [0.4, 0.5) is 0 Å². The first-order valence-electron chi connectivity index (χ1n) is 20.5. The molecule has 0 aliphatic carbocycles. The van der Waals surface area contributed by atoms with Crippen molar-refractivity contribution in [3.05, 3.63) is 12.2 Å². The first kappa shape index (κ1) is 45.1. The molecule has 0 heterocycles. The molecule has 0 aromatic carbocycles. The Labute approximate surface area is 287 Å². The minimum Gasteiger partial charge on any atom is -0.394 e. The van der Waals surface area contributed by atoms with Crippen LogP contribution in [-0.2, 0) is 4.79 Å². The van der Waals surface area contributed by atoms with Gasteiger partial charge >= 0.3 is 0 Å². The fraction of sp³-hybridized carbons (Fsp3) is 0.927. The van der Waals surface area contributed by atoms with E-state index in [1.54, 1.807) is 0 Å². The molecular weight excluding hydrogens is 570 g/mol. The quantitative estimate of drug-likeness (QED) is 0.0397. The summed E-state index contributed by atoms with van der Waals surface area (Å²) in [5.41, 5.74) is 0. The first-order valence-corrected chi connectivity index (χ1v) is 20.5. The van der Waals surface area contributed by atoms with Gasteiger partial charge in [-0.15, -0.1) is 0 Å². The van der Waals surface area contributed by atoms with Gasteiger partial charge in [-0.05, 0) is 38.5 Å². The van der Waals surface area contributed by atoms with E-state index in [1.807, 2.05) is 0 Å². The van der Waals surface area contributed by atoms with Crippen LogP contribution in [0.25, 0.3) is 0 Å². The molecule has 0 bridgehead atoms. The molecule has 0 saturated carbocycles. The number of rotatable bonds is 37. The molecular formula is C41H81NO4. The van der Waals surface area contributed by atoms with Crippen molar-refractivity contribution in [2.24, 2.45) is 0 Å². The Balaban J connectivity index is 3.57. The average molecular weight is 652 g/mol. The lowest BCUT2D eigenvalue weighted by Crippen LogP contribution is -2.50. The third-order valence-electron chi connectivity index (χ3n) is 9.62. The van der Waals surface area contributed by atoms with Gasteiger partial charge in [-0.3, -0.25) is 4.79 Å². The Morgan fingerprint density at radius 1 is 0.522 bits per heavy atom. The van der Waals surface area contributed by atoms with Crippen LogP contribution >= 0.6 is 0 Å². The Morgan fingerprint density at radius 3 is 1.26 bits per heavy atom. The van der Waals surface area contributed by atoms with Crippen molar-refractivity contribution < 1.29 is 20.1 Å². The Hall–Kier alpha value is -0.910. The molecule has 0 rings (SSSR count). The largest absolute Gasteiger partial charge is 0.394 e. The molecule has 0 radical (unpaired) electrons. The number of amides is 1. The second-order valence-electron chi connectivity index (χ2n) is 14.2. The highest BCUT2D eigenvalue weighted by Crippen LogP contribution is 2.16. The molecule has 1 amide bonds. The summed E-state index contributed by atoms with van der Waals surface area (Å²) in [6, 6.07) is -0.806. The van der Waals surface area contributed by atoms with Crippen LogP contribution in [0.1, 0.15) is 219 Å². The van der Waals surface area contributed by atoms with Crippen molar-refractivity contribution in [1.82, 2.24) is 5.32 Å². The third kappa shape index (κ3) is 31.7. The second-order valence-corrected chi connectivity index (χ2v) is 14.2. The van der Waals surface area contributed by atoms with Crippen molar-refractivity contribution >= 4 is 5.91 Å². The number of carbonyl (C=O) groups is 1. The maximum absolute atomic E-state index is 12.4. The van der Waals surface area contributed by atoms with Crippen LogP contribution in [0.15, 0.2) is 12.2 Å². The van der Waals surface area contributed by atoms with Gasteiger partial charge in [0.15, 0.2) is 0 Å². The van der Waals surface area contributed by atoms with Crippen molar-refractivity contribution in [3.8, 4) is 0 Å². The number of carbonyl (C=O) groups excluding carboxylic acids is 1. The highest BCUT2D eigenvalue weighted by molar-refractivity contribution is 5.76. The smallest absolute Gasteiger partial charge is 0.220 e.